The number of hydrogen-bond donors (Lipinski definition) is 1. The number of hydrogen-bond acceptors (Lipinski definition) is 5. The summed E-state index contributed by atoms with van der Waals surface area (Å²) in [5.41, 5.74) is 3.30. The van der Waals surface area contributed by atoms with Gasteiger partial charge in [-0.25, -0.2) is 4.39 Å². The highest BCUT2D eigenvalue weighted by Gasteiger charge is 2.21. The monoisotopic (exact) mass is 480 g/mol. The van der Waals surface area contributed by atoms with Crippen molar-refractivity contribution >= 4 is 35.1 Å². The zero-order chi connectivity index (χ0) is 23.5. The number of benzene rings is 2. The molecule has 2 aromatic heterocycles. The molecule has 1 amide bonds. The van der Waals surface area contributed by atoms with E-state index in [0.29, 0.717) is 27.2 Å². The molecule has 0 radical (unpaired) electrons. The highest BCUT2D eigenvalue weighted by atomic mass is 35.5. The van der Waals surface area contributed by atoms with Crippen LogP contribution >= 0.6 is 23.4 Å². The van der Waals surface area contributed by atoms with Crippen molar-refractivity contribution in [1.82, 2.24) is 19.3 Å². The van der Waals surface area contributed by atoms with Crippen LogP contribution in [0.4, 0.5) is 10.2 Å². The van der Waals surface area contributed by atoms with Gasteiger partial charge in [-0.3, -0.25) is 13.9 Å². The molecule has 2 aromatic carbocycles. The third-order valence-electron chi connectivity index (χ3n) is 5.10. The van der Waals surface area contributed by atoms with Gasteiger partial charge in [0.05, 0.1) is 17.0 Å². The van der Waals surface area contributed by atoms with Gasteiger partial charge in [-0.05, 0) is 61.9 Å². The van der Waals surface area contributed by atoms with Crippen molar-refractivity contribution in [2.45, 2.75) is 19.0 Å². The van der Waals surface area contributed by atoms with E-state index in [-0.39, 0.29) is 17.5 Å². The number of nitriles is 1. The van der Waals surface area contributed by atoms with Crippen molar-refractivity contribution in [3.05, 3.63) is 82.5 Å². The molecule has 33 heavy (non-hydrogen) atoms. The molecule has 10 heteroatoms. The van der Waals surface area contributed by atoms with E-state index in [0.717, 1.165) is 16.9 Å². The van der Waals surface area contributed by atoms with Crippen LogP contribution in [0.25, 0.3) is 11.4 Å². The van der Waals surface area contributed by atoms with Gasteiger partial charge in [0.15, 0.2) is 5.16 Å². The highest BCUT2D eigenvalue weighted by molar-refractivity contribution is 7.99. The van der Waals surface area contributed by atoms with E-state index in [4.69, 9.17) is 11.6 Å². The summed E-state index contributed by atoms with van der Waals surface area (Å²) >= 11 is 7.28. The first-order valence-electron chi connectivity index (χ1n) is 9.85. The molecule has 0 bridgehead atoms. The molecule has 0 unspecified atom stereocenters. The Balaban J connectivity index is 1.57. The topological polar surface area (TPSA) is 88.5 Å². The molecule has 4 rings (SSSR count). The van der Waals surface area contributed by atoms with Crippen molar-refractivity contribution in [1.29, 1.82) is 5.26 Å². The molecule has 0 atom stereocenters. The summed E-state index contributed by atoms with van der Waals surface area (Å²) in [6.45, 7) is 3.66. The Labute approximate surface area is 198 Å². The smallest absolute Gasteiger partial charge is 0.236 e. The number of aromatic nitrogens is 4. The summed E-state index contributed by atoms with van der Waals surface area (Å²) in [6, 6.07) is 15.2. The fourth-order valence-corrected chi connectivity index (χ4v) is 4.31. The molecule has 4 aromatic rings. The Morgan fingerprint density at radius 2 is 1.97 bits per heavy atom. The minimum atomic E-state index is -0.369. The van der Waals surface area contributed by atoms with Crippen molar-refractivity contribution < 1.29 is 9.18 Å². The molecule has 0 spiro atoms. The molecule has 0 saturated heterocycles. The van der Waals surface area contributed by atoms with Gasteiger partial charge in [-0.2, -0.15) is 5.26 Å². The summed E-state index contributed by atoms with van der Waals surface area (Å²) in [5, 5.41) is 21.7. The number of amides is 1. The number of rotatable bonds is 6. The van der Waals surface area contributed by atoms with E-state index in [1.54, 1.807) is 39.7 Å². The normalized spacial score (nSPS) is 10.8. The summed E-state index contributed by atoms with van der Waals surface area (Å²) < 4.78 is 16.9. The van der Waals surface area contributed by atoms with Crippen LogP contribution < -0.4 is 5.32 Å². The van der Waals surface area contributed by atoms with Gasteiger partial charge in [0, 0.05) is 16.4 Å². The second kappa shape index (κ2) is 9.48. The van der Waals surface area contributed by atoms with Crippen molar-refractivity contribution in [3.8, 4) is 17.4 Å². The molecule has 1 N–H and O–H groups in total. The van der Waals surface area contributed by atoms with E-state index < -0.39 is 0 Å². The Kier molecular flexibility index (Phi) is 6.49. The zero-order valence-corrected chi connectivity index (χ0v) is 19.3. The molecular weight excluding hydrogens is 463 g/mol. The summed E-state index contributed by atoms with van der Waals surface area (Å²) in [6.07, 6.45) is 1.55. The first kappa shape index (κ1) is 22.6. The third kappa shape index (κ3) is 4.62. The van der Waals surface area contributed by atoms with Gasteiger partial charge in [-0.15, -0.1) is 10.2 Å². The highest BCUT2D eigenvalue weighted by Crippen LogP contribution is 2.30. The van der Waals surface area contributed by atoms with Crippen LogP contribution in [-0.2, 0) is 4.79 Å². The molecule has 0 aliphatic carbocycles. The Hall–Kier alpha value is -3.61. The minimum absolute atomic E-state index is 0.0385. The predicted molar refractivity (Wildman–Crippen MR) is 126 cm³/mol. The molecule has 0 fully saturated rings. The van der Waals surface area contributed by atoms with Gasteiger partial charge in [0.2, 0.25) is 5.91 Å². The van der Waals surface area contributed by atoms with Crippen molar-refractivity contribution in [2.75, 3.05) is 11.1 Å². The van der Waals surface area contributed by atoms with Gasteiger partial charge >= 0.3 is 0 Å². The van der Waals surface area contributed by atoms with Crippen LogP contribution in [0.5, 0.6) is 0 Å². The average Bonchev–Trinajstić information content (AvgIpc) is 3.36. The lowest BCUT2D eigenvalue weighted by Gasteiger charge is -2.13. The predicted octanol–water partition coefficient (Wildman–Crippen LogP) is 5.07. The number of carbonyl (C=O) groups excluding carboxylic acids is 1. The van der Waals surface area contributed by atoms with Crippen LogP contribution in [0, 0.1) is 31.0 Å². The number of thioether (sulfide) groups is 1. The maximum Gasteiger partial charge on any atom is 0.236 e. The molecule has 2 heterocycles. The van der Waals surface area contributed by atoms with Crippen LogP contribution in [0.3, 0.4) is 0 Å². The maximum absolute atomic E-state index is 13.4. The number of carbonyl (C=O) groups is 1. The van der Waals surface area contributed by atoms with Crippen LogP contribution in [0.2, 0.25) is 5.02 Å². The zero-order valence-electron chi connectivity index (χ0n) is 17.7. The maximum atomic E-state index is 13.4. The van der Waals surface area contributed by atoms with Crippen molar-refractivity contribution in [3.63, 3.8) is 0 Å². The molecular formula is C23H18ClFN6OS. The molecule has 0 aliphatic heterocycles. The lowest BCUT2D eigenvalue weighted by molar-refractivity contribution is -0.113. The molecule has 7 nitrogen and oxygen atoms in total. The van der Waals surface area contributed by atoms with E-state index >= 15 is 0 Å². The van der Waals surface area contributed by atoms with Crippen molar-refractivity contribution in [2.24, 2.45) is 0 Å². The Morgan fingerprint density at radius 1 is 1.21 bits per heavy atom. The van der Waals surface area contributed by atoms with E-state index in [2.05, 4.69) is 21.6 Å². The van der Waals surface area contributed by atoms with E-state index in [1.165, 1.54) is 23.9 Å². The quantitative estimate of drug-likeness (QED) is 0.389. The van der Waals surface area contributed by atoms with E-state index in [1.807, 2.05) is 26.0 Å². The fraction of sp³-hybridized carbons (Fsp3) is 0.130. The largest absolute Gasteiger partial charge is 0.310 e. The third-order valence-corrected chi connectivity index (χ3v) is 6.28. The van der Waals surface area contributed by atoms with Gasteiger partial charge < -0.3 is 5.32 Å². The van der Waals surface area contributed by atoms with Crippen LogP contribution in [0.15, 0.2) is 60.0 Å². The summed E-state index contributed by atoms with van der Waals surface area (Å²) in [4.78, 5) is 12.8. The molecule has 166 valence electrons. The lowest BCUT2D eigenvalue weighted by atomic mass is 10.2. The lowest BCUT2D eigenvalue weighted by Crippen LogP contribution is -2.18. The van der Waals surface area contributed by atoms with Crippen LogP contribution in [-0.4, -0.2) is 31.0 Å². The Bertz CT molecular complexity index is 1370. The number of anilines is 1. The number of nitrogens with zero attached hydrogens (tertiary/aromatic N) is 5. The average molecular weight is 481 g/mol. The van der Waals surface area contributed by atoms with Gasteiger partial charge in [-0.1, -0.05) is 29.4 Å². The van der Waals surface area contributed by atoms with Gasteiger partial charge in [0.25, 0.3) is 0 Å². The molecule has 0 saturated carbocycles. The second-order valence-electron chi connectivity index (χ2n) is 7.16. The second-order valence-corrected chi connectivity index (χ2v) is 8.54. The number of halogens is 2. The fourth-order valence-electron chi connectivity index (χ4n) is 3.40. The summed E-state index contributed by atoms with van der Waals surface area (Å²) in [7, 11) is 0. The SMILES string of the molecule is Cc1c(C#N)c(NC(=O)CSc2nncn2-c2cccc(Cl)c2)n(-c2ccc(F)cc2)c1C. The van der Waals surface area contributed by atoms with Gasteiger partial charge in [0.1, 0.15) is 24.0 Å². The first-order chi connectivity index (χ1) is 15.9. The summed E-state index contributed by atoms with van der Waals surface area (Å²) in [5.74, 6) is -0.304. The Morgan fingerprint density at radius 3 is 2.67 bits per heavy atom. The van der Waals surface area contributed by atoms with E-state index in [9.17, 15) is 14.4 Å². The standard InChI is InChI=1S/C23H18ClFN6OS/c1-14-15(2)31(18-8-6-17(25)7-9-18)22(20(14)11-26)28-21(32)12-33-23-29-27-13-30(23)19-5-3-4-16(24)10-19/h3-10,13H,12H2,1-2H3,(H,28,32). The van der Waals surface area contributed by atoms with Crippen LogP contribution in [0.1, 0.15) is 16.8 Å². The minimum Gasteiger partial charge on any atom is -0.310 e. The first-order valence-corrected chi connectivity index (χ1v) is 11.2. The molecule has 0 aliphatic rings. The number of nitrogens with one attached hydrogen (secondary N) is 1.